The summed E-state index contributed by atoms with van der Waals surface area (Å²) in [6.45, 7) is 3.13. The van der Waals surface area contributed by atoms with Crippen molar-refractivity contribution in [3.8, 4) is 0 Å². The summed E-state index contributed by atoms with van der Waals surface area (Å²) in [5, 5.41) is 39.9. The molecule has 3 rings (SSSR count). The van der Waals surface area contributed by atoms with Crippen LogP contribution in [0.5, 0.6) is 0 Å². The molecule has 8 heteroatoms. The Morgan fingerprint density at radius 1 is 1.00 bits per heavy atom. The molecule has 5 atom stereocenters. The molecular weight excluding hydrogens is 418 g/mol. The normalized spacial score (nSPS) is 26.9. The molecule has 0 spiro atoms. The van der Waals surface area contributed by atoms with Crippen LogP contribution in [0.4, 0.5) is 8.78 Å². The van der Waals surface area contributed by atoms with E-state index in [0.717, 1.165) is 0 Å². The topological polar surface area (TPSA) is 90.2 Å². The SMILES string of the molecule is CC(C)c1cc(F)c(Cc2cc([C@@H]3O[C@H](CO)[C@@H](O)[C@H](O)[C@H]3O)ccc2Cl)c(F)c1. The van der Waals surface area contributed by atoms with Crippen LogP contribution in [0, 0.1) is 11.6 Å². The van der Waals surface area contributed by atoms with Gasteiger partial charge in [-0.3, -0.25) is 0 Å². The van der Waals surface area contributed by atoms with Crippen LogP contribution in [0.1, 0.15) is 48.1 Å². The minimum Gasteiger partial charge on any atom is -0.394 e. The average Bonchev–Trinajstić information content (AvgIpc) is 2.70. The van der Waals surface area contributed by atoms with Crippen LogP contribution in [0.15, 0.2) is 30.3 Å². The Kier molecular flexibility index (Phi) is 7.12. The fraction of sp³-hybridized carbons (Fsp3) is 0.455. The molecule has 30 heavy (non-hydrogen) atoms. The number of hydrogen-bond donors (Lipinski definition) is 4. The Morgan fingerprint density at radius 3 is 2.20 bits per heavy atom. The summed E-state index contributed by atoms with van der Waals surface area (Å²) < 4.78 is 34.7. The number of rotatable bonds is 5. The summed E-state index contributed by atoms with van der Waals surface area (Å²) >= 11 is 6.24. The van der Waals surface area contributed by atoms with Gasteiger partial charge in [-0.1, -0.05) is 37.6 Å². The van der Waals surface area contributed by atoms with E-state index >= 15 is 0 Å². The second-order valence-electron chi connectivity index (χ2n) is 7.89. The summed E-state index contributed by atoms with van der Waals surface area (Å²) in [5.41, 5.74) is 1.22. The summed E-state index contributed by atoms with van der Waals surface area (Å²) in [6, 6.07) is 7.19. The lowest BCUT2D eigenvalue weighted by atomic mass is 9.90. The van der Waals surface area contributed by atoms with E-state index in [-0.39, 0.29) is 22.9 Å². The molecule has 0 aromatic heterocycles. The Labute approximate surface area is 178 Å². The van der Waals surface area contributed by atoms with Crippen LogP contribution in [0.25, 0.3) is 0 Å². The van der Waals surface area contributed by atoms with Crippen molar-refractivity contribution >= 4 is 11.6 Å². The first-order valence-corrected chi connectivity index (χ1v) is 10.1. The summed E-state index contributed by atoms with van der Waals surface area (Å²) in [6.07, 6.45) is -6.72. The molecule has 2 aromatic rings. The average molecular weight is 443 g/mol. The minimum atomic E-state index is -1.53. The molecule has 2 aromatic carbocycles. The van der Waals surface area contributed by atoms with Gasteiger partial charge >= 0.3 is 0 Å². The fourth-order valence-corrected chi connectivity index (χ4v) is 3.78. The van der Waals surface area contributed by atoms with Crippen molar-refractivity contribution in [3.05, 3.63) is 69.2 Å². The molecule has 0 saturated carbocycles. The third-order valence-corrected chi connectivity index (χ3v) is 5.86. The number of hydrogen-bond acceptors (Lipinski definition) is 5. The predicted molar refractivity (Wildman–Crippen MR) is 107 cm³/mol. The molecule has 1 heterocycles. The van der Waals surface area contributed by atoms with Crippen molar-refractivity contribution in [2.24, 2.45) is 0 Å². The summed E-state index contributed by atoms with van der Waals surface area (Å²) in [5.74, 6) is -1.37. The van der Waals surface area contributed by atoms with Gasteiger partial charge in [-0.2, -0.15) is 0 Å². The molecule has 5 nitrogen and oxygen atoms in total. The quantitative estimate of drug-likeness (QED) is 0.571. The largest absolute Gasteiger partial charge is 0.394 e. The number of benzene rings is 2. The van der Waals surface area contributed by atoms with Gasteiger partial charge in [-0.25, -0.2) is 8.78 Å². The lowest BCUT2D eigenvalue weighted by Crippen LogP contribution is -2.55. The van der Waals surface area contributed by atoms with Crippen molar-refractivity contribution in [1.82, 2.24) is 0 Å². The molecular formula is C22H25ClF2O5. The molecule has 0 unspecified atom stereocenters. The Morgan fingerprint density at radius 2 is 1.63 bits per heavy atom. The summed E-state index contributed by atoms with van der Waals surface area (Å²) in [7, 11) is 0. The van der Waals surface area contributed by atoms with Crippen molar-refractivity contribution in [1.29, 1.82) is 0 Å². The fourth-order valence-electron chi connectivity index (χ4n) is 3.60. The second kappa shape index (κ2) is 9.26. The molecule has 1 aliphatic rings. The molecule has 0 amide bonds. The van der Waals surface area contributed by atoms with Gasteiger partial charge in [0.15, 0.2) is 0 Å². The molecule has 164 valence electrons. The summed E-state index contributed by atoms with van der Waals surface area (Å²) in [4.78, 5) is 0. The van der Waals surface area contributed by atoms with Gasteiger partial charge < -0.3 is 25.2 Å². The van der Waals surface area contributed by atoms with Crippen molar-refractivity contribution in [2.75, 3.05) is 6.61 Å². The van der Waals surface area contributed by atoms with Crippen LogP contribution in [0.3, 0.4) is 0 Å². The highest BCUT2D eigenvalue weighted by Crippen LogP contribution is 2.35. The first-order chi connectivity index (χ1) is 14.1. The molecule has 4 N–H and O–H groups in total. The number of halogens is 3. The van der Waals surface area contributed by atoms with E-state index < -0.39 is 48.8 Å². The van der Waals surface area contributed by atoms with Gasteiger partial charge in [0.25, 0.3) is 0 Å². The zero-order chi connectivity index (χ0) is 22.2. The minimum absolute atomic E-state index is 0.0267. The van der Waals surface area contributed by atoms with E-state index in [1.165, 1.54) is 24.3 Å². The highest BCUT2D eigenvalue weighted by Gasteiger charge is 2.44. The lowest BCUT2D eigenvalue weighted by molar-refractivity contribution is -0.231. The van der Waals surface area contributed by atoms with Gasteiger partial charge in [0.05, 0.1) is 6.61 Å². The zero-order valence-corrected chi connectivity index (χ0v) is 17.4. The number of aliphatic hydroxyl groups excluding tert-OH is 4. The molecule has 0 bridgehead atoms. The number of aliphatic hydroxyl groups is 4. The van der Waals surface area contributed by atoms with E-state index in [1.807, 2.05) is 13.8 Å². The predicted octanol–water partition coefficient (Wildman–Crippen LogP) is 2.85. The maximum absolute atomic E-state index is 14.6. The molecule has 0 aliphatic carbocycles. The molecule has 1 saturated heterocycles. The molecule has 1 aliphatic heterocycles. The van der Waals surface area contributed by atoms with Crippen molar-refractivity contribution in [2.45, 2.75) is 56.7 Å². The van der Waals surface area contributed by atoms with E-state index in [1.54, 1.807) is 6.07 Å². The molecule has 1 fully saturated rings. The van der Waals surface area contributed by atoms with E-state index in [9.17, 15) is 29.2 Å². The monoisotopic (exact) mass is 442 g/mol. The van der Waals surface area contributed by atoms with Crippen LogP contribution in [-0.2, 0) is 11.2 Å². The standard InChI is InChI=1S/C22H25ClF2O5/c1-10(2)12-7-16(24)14(17(25)8-12)6-13-5-11(3-4-15(13)23)22-21(29)20(28)19(27)18(9-26)30-22/h3-5,7-8,10,18-22,26-29H,6,9H2,1-2H3/t18-,19-,20+,21-,22+/m1/s1. The Hall–Kier alpha value is -1.61. The Bertz CT molecular complexity index is 882. The van der Waals surface area contributed by atoms with E-state index in [0.29, 0.717) is 16.7 Å². The van der Waals surface area contributed by atoms with Crippen LogP contribution in [0.2, 0.25) is 5.02 Å². The van der Waals surface area contributed by atoms with Crippen LogP contribution in [-0.4, -0.2) is 51.4 Å². The van der Waals surface area contributed by atoms with Gasteiger partial charge in [0.1, 0.15) is 42.2 Å². The second-order valence-corrected chi connectivity index (χ2v) is 8.30. The van der Waals surface area contributed by atoms with Gasteiger partial charge in [0, 0.05) is 17.0 Å². The van der Waals surface area contributed by atoms with Crippen LogP contribution < -0.4 is 0 Å². The maximum atomic E-state index is 14.6. The van der Waals surface area contributed by atoms with Gasteiger partial charge in [-0.05, 0) is 40.8 Å². The van der Waals surface area contributed by atoms with E-state index in [2.05, 4.69) is 0 Å². The first-order valence-electron chi connectivity index (χ1n) is 9.70. The van der Waals surface area contributed by atoms with Crippen molar-refractivity contribution < 1.29 is 33.9 Å². The highest BCUT2D eigenvalue weighted by molar-refractivity contribution is 6.31. The molecule has 0 radical (unpaired) electrons. The number of ether oxygens (including phenoxy) is 1. The van der Waals surface area contributed by atoms with E-state index in [4.69, 9.17) is 16.3 Å². The van der Waals surface area contributed by atoms with Crippen molar-refractivity contribution in [3.63, 3.8) is 0 Å². The third-order valence-electron chi connectivity index (χ3n) is 5.49. The first kappa shape index (κ1) is 23.1. The lowest BCUT2D eigenvalue weighted by Gasteiger charge is -2.40. The Balaban J connectivity index is 1.93. The highest BCUT2D eigenvalue weighted by atomic mass is 35.5. The third kappa shape index (κ3) is 4.51. The van der Waals surface area contributed by atoms with Crippen LogP contribution >= 0.6 is 11.6 Å². The maximum Gasteiger partial charge on any atom is 0.129 e. The zero-order valence-electron chi connectivity index (χ0n) is 16.6. The smallest absolute Gasteiger partial charge is 0.129 e. The van der Waals surface area contributed by atoms with Gasteiger partial charge in [0.2, 0.25) is 0 Å². The van der Waals surface area contributed by atoms with Gasteiger partial charge in [-0.15, -0.1) is 0 Å².